The zero-order valence-electron chi connectivity index (χ0n) is 37.3. The molecule has 1 aliphatic rings. The smallest absolute Gasteiger partial charge is 0.407 e. The van der Waals surface area contributed by atoms with Crippen LogP contribution in [0.2, 0.25) is 0 Å². The predicted octanol–water partition coefficient (Wildman–Crippen LogP) is 5.21. The summed E-state index contributed by atoms with van der Waals surface area (Å²) in [5.74, 6) is -0.641. The summed E-state index contributed by atoms with van der Waals surface area (Å²) in [7, 11) is 0. The fourth-order valence-electron chi connectivity index (χ4n) is 7.32. The summed E-state index contributed by atoms with van der Waals surface area (Å²) in [4.78, 5) is 67.5. The largest absolute Gasteiger partial charge is 0.489 e. The van der Waals surface area contributed by atoms with Crippen LogP contribution in [0.15, 0.2) is 109 Å². The van der Waals surface area contributed by atoms with Crippen LogP contribution in [-0.4, -0.2) is 98.0 Å². The summed E-state index contributed by atoms with van der Waals surface area (Å²) in [5.41, 5.74) is 8.97. The summed E-state index contributed by atoms with van der Waals surface area (Å²) in [5, 5.41) is 11.1. The molecule has 15 nitrogen and oxygen atoms in total. The summed E-state index contributed by atoms with van der Waals surface area (Å²) in [6.07, 6.45) is 4.80. The molecule has 6 N–H and O–H groups in total. The molecular weight excluding hydrogens is 827 g/mol. The van der Waals surface area contributed by atoms with E-state index in [4.69, 9.17) is 19.9 Å². The van der Waals surface area contributed by atoms with Crippen LogP contribution in [0.3, 0.4) is 0 Å². The van der Waals surface area contributed by atoms with Crippen molar-refractivity contribution >= 4 is 29.7 Å². The Bertz CT molecular complexity index is 2060. The molecule has 0 aliphatic carbocycles. The Morgan fingerprint density at radius 2 is 1.20 bits per heavy atom. The molecule has 4 aromatic rings. The minimum absolute atomic E-state index is 0.0891. The molecule has 0 aromatic heterocycles. The van der Waals surface area contributed by atoms with Crippen molar-refractivity contribution < 1.29 is 38.2 Å². The van der Waals surface area contributed by atoms with Crippen LogP contribution in [0, 0.1) is 0 Å². The summed E-state index contributed by atoms with van der Waals surface area (Å²) in [6, 6.07) is 33.1. The highest BCUT2D eigenvalue weighted by atomic mass is 16.5. The van der Waals surface area contributed by atoms with Gasteiger partial charge in [0.2, 0.25) is 23.6 Å². The lowest BCUT2D eigenvalue weighted by atomic mass is 10.1. The molecule has 348 valence electrons. The average molecular weight is 892 g/mol. The quantitative estimate of drug-likeness (QED) is 0.0473. The molecule has 1 heterocycles. The number of primary amides is 1. The second-order valence-corrected chi connectivity index (χ2v) is 16.2. The highest BCUT2D eigenvalue weighted by Gasteiger charge is 2.24. The number of rotatable bonds is 28. The van der Waals surface area contributed by atoms with Crippen molar-refractivity contribution in [1.29, 1.82) is 0 Å². The number of carbonyl (C=O) groups is 5. The van der Waals surface area contributed by atoms with Gasteiger partial charge in [-0.15, -0.1) is 0 Å². The first-order valence-electron chi connectivity index (χ1n) is 22.7. The van der Waals surface area contributed by atoms with E-state index in [1.807, 2.05) is 91.0 Å². The van der Waals surface area contributed by atoms with E-state index in [1.54, 1.807) is 18.2 Å². The van der Waals surface area contributed by atoms with Crippen LogP contribution >= 0.6 is 0 Å². The topological polar surface area (TPSA) is 194 Å². The predicted molar refractivity (Wildman–Crippen MR) is 248 cm³/mol. The molecular formula is C50H65N7O8. The Morgan fingerprint density at radius 3 is 1.85 bits per heavy atom. The number of hydrogen-bond acceptors (Lipinski definition) is 10. The number of amides is 5. The third-order valence-electron chi connectivity index (χ3n) is 10.8. The maximum atomic E-state index is 13.4. The third kappa shape index (κ3) is 19.9. The Labute approximate surface area is 382 Å². The van der Waals surface area contributed by atoms with Crippen molar-refractivity contribution in [2.75, 3.05) is 52.5 Å². The van der Waals surface area contributed by atoms with E-state index in [-0.39, 0.29) is 44.9 Å². The lowest BCUT2D eigenvalue weighted by Crippen LogP contribution is -2.49. The number of nitrogens with two attached hydrogens (primary N) is 1. The lowest BCUT2D eigenvalue weighted by Gasteiger charge is -2.35. The van der Waals surface area contributed by atoms with Crippen LogP contribution in [0.4, 0.5) is 4.79 Å². The molecule has 15 heteroatoms. The van der Waals surface area contributed by atoms with Gasteiger partial charge in [-0.2, -0.15) is 0 Å². The fourth-order valence-corrected chi connectivity index (χ4v) is 7.32. The standard InChI is InChI=1S/C50H65N7O8/c51-46(58)34-44(55-48(60)32-42-22-23-43(63-35-39-16-5-1-6-17-39)33-45(42)64-36-40-18-7-2-8-19-40)49(61)53-26-11-4-13-28-56-30-15-31-57(38-56)29-14-12-25-52-47(59)24-27-54-50(62)65-37-41-20-9-3-10-21-41/h1-3,5-10,16-23,33,44H,4,11-15,24-32,34-38H2,(H2,51,58)(H,52,59)(H,53,61)(H,54,62)(H,55,60)/t44-/m0/s1. The highest BCUT2D eigenvalue weighted by Crippen LogP contribution is 2.27. The van der Waals surface area contributed by atoms with Gasteiger partial charge in [-0.3, -0.25) is 29.0 Å². The van der Waals surface area contributed by atoms with Gasteiger partial charge in [0, 0.05) is 50.8 Å². The van der Waals surface area contributed by atoms with Gasteiger partial charge in [0.05, 0.1) is 19.5 Å². The molecule has 0 bridgehead atoms. The van der Waals surface area contributed by atoms with Crippen LogP contribution < -0.4 is 36.5 Å². The number of ether oxygens (including phenoxy) is 3. The SMILES string of the molecule is NC(=O)C[C@H](NC(=O)Cc1ccc(OCc2ccccc2)cc1OCc1ccccc1)C(=O)NCCCCCN1CCCN(CCCCNC(=O)CCNC(=O)OCc2ccccc2)C1. The Morgan fingerprint density at radius 1 is 0.615 bits per heavy atom. The van der Waals surface area contributed by atoms with Gasteiger partial charge >= 0.3 is 6.09 Å². The normalized spacial score (nSPS) is 13.2. The van der Waals surface area contributed by atoms with E-state index in [0.717, 1.165) is 88.1 Å². The van der Waals surface area contributed by atoms with E-state index < -0.39 is 29.9 Å². The molecule has 1 aliphatic heterocycles. The molecule has 65 heavy (non-hydrogen) atoms. The van der Waals surface area contributed by atoms with Crippen molar-refractivity contribution in [2.24, 2.45) is 5.73 Å². The summed E-state index contributed by atoms with van der Waals surface area (Å²) in [6.45, 7) is 6.94. The number of nitrogens with one attached hydrogen (secondary N) is 4. The lowest BCUT2D eigenvalue weighted by molar-refractivity contribution is -0.131. The molecule has 0 spiro atoms. The van der Waals surface area contributed by atoms with E-state index in [0.29, 0.717) is 36.8 Å². The molecule has 5 rings (SSSR count). The van der Waals surface area contributed by atoms with Crippen LogP contribution in [0.25, 0.3) is 0 Å². The van der Waals surface area contributed by atoms with Gasteiger partial charge in [-0.05, 0) is 68.0 Å². The first-order valence-corrected chi connectivity index (χ1v) is 22.7. The van der Waals surface area contributed by atoms with Crippen molar-refractivity contribution in [1.82, 2.24) is 31.1 Å². The minimum atomic E-state index is -1.11. The van der Waals surface area contributed by atoms with Gasteiger partial charge < -0.3 is 41.2 Å². The number of unbranched alkanes of at least 4 members (excludes halogenated alkanes) is 3. The molecule has 1 saturated heterocycles. The molecule has 1 atom stereocenters. The van der Waals surface area contributed by atoms with Crippen molar-refractivity contribution in [3.8, 4) is 11.5 Å². The van der Waals surface area contributed by atoms with E-state index >= 15 is 0 Å². The molecule has 5 amide bonds. The first-order chi connectivity index (χ1) is 31.7. The second kappa shape index (κ2) is 28.4. The molecule has 1 fully saturated rings. The average Bonchev–Trinajstić information content (AvgIpc) is 3.31. The van der Waals surface area contributed by atoms with Crippen LogP contribution in [0.1, 0.15) is 73.6 Å². The summed E-state index contributed by atoms with van der Waals surface area (Å²) < 4.78 is 17.4. The van der Waals surface area contributed by atoms with Gasteiger partial charge in [0.1, 0.15) is 37.4 Å². The van der Waals surface area contributed by atoms with Gasteiger partial charge in [0.25, 0.3) is 0 Å². The highest BCUT2D eigenvalue weighted by molar-refractivity contribution is 5.92. The summed E-state index contributed by atoms with van der Waals surface area (Å²) >= 11 is 0. The number of alkyl carbamates (subject to hydrolysis) is 1. The zero-order chi connectivity index (χ0) is 45.9. The Hall–Kier alpha value is -6.45. The Balaban J connectivity index is 0.946. The molecule has 0 saturated carbocycles. The monoisotopic (exact) mass is 891 g/mol. The molecule has 4 aromatic carbocycles. The van der Waals surface area contributed by atoms with Crippen molar-refractivity contribution in [2.45, 2.75) is 83.6 Å². The maximum absolute atomic E-state index is 13.4. The van der Waals surface area contributed by atoms with Gasteiger partial charge in [-0.25, -0.2) is 4.79 Å². The fraction of sp³-hybridized carbons (Fsp3) is 0.420. The van der Waals surface area contributed by atoms with E-state index in [9.17, 15) is 24.0 Å². The third-order valence-corrected chi connectivity index (χ3v) is 10.8. The number of carbonyl (C=O) groups excluding carboxylic acids is 5. The van der Waals surface area contributed by atoms with Crippen molar-refractivity contribution in [3.63, 3.8) is 0 Å². The molecule has 0 radical (unpaired) electrons. The van der Waals surface area contributed by atoms with E-state index in [2.05, 4.69) is 31.1 Å². The number of hydrogen-bond donors (Lipinski definition) is 5. The van der Waals surface area contributed by atoms with E-state index in [1.165, 1.54) is 0 Å². The van der Waals surface area contributed by atoms with Crippen LogP contribution in [-0.2, 0) is 50.2 Å². The second-order valence-electron chi connectivity index (χ2n) is 16.2. The van der Waals surface area contributed by atoms with Gasteiger partial charge in [-0.1, -0.05) is 103 Å². The first kappa shape index (κ1) is 49.6. The van der Waals surface area contributed by atoms with Gasteiger partial charge in [0.15, 0.2) is 0 Å². The van der Waals surface area contributed by atoms with Crippen molar-refractivity contribution in [3.05, 3.63) is 131 Å². The molecule has 0 unspecified atom stereocenters. The number of nitrogens with zero attached hydrogens (tertiary/aromatic N) is 2. The maximum Gasteiger partial charge on any atom is 0.407 e. The Kier molecular flexibility index (Phi) is 21.6. The van der Waals surface area contributed by atoms with Crippen LogP contribution in [0.5, 0.6) is 11.5 Å². The minimum Gasteiger partial charge on any atom is -0.489 e. The number of benzene rings is 4. The zero-order valence-corrected chi connectivity index (χ0v) is 37.3.